The standard InChI is InChI=1S/C19H28N2O3S.ClH/c1-19(2)13-21(12-11-17(19)20)18(22)14-7-9-16(10-8-14)25(23,24)15-5-3-4-6-15;/h7-10,15,17H,3-6,11-13,20H2,1-2H3;1H. The number of carbonyl (C=O) groups is 1. The van der Waals surface area contributed by atoms with E-state index in [9.17, 15) is 13.2 Å². The first-order valence-electron chi connectivity index (χ1n) is 9.11. The van der Waals surface area contributed by atoms with Crippen molar-refractivity contribution < 1.29 is 13.2 Å². The number of amides is 1. The third kappa shape index (κ3) is 4.07. The zero-order chi connectivity index (χ0) is 18.2. The van der Waals surface area contributed by atoms with Gasteiger partial charge in [-0.1, -0.05) is 26.7 Å². The van der Waals surface area contributed by atoms with E-state index in [-0.39, 0.29) is 35.0 Å². The van der Waals surface area contributed by atoms with Crippen LogP contribution in [-0.2, 0) is 9.84 Å². The van der Waals surface area contributed by atoms with Gasteiger partial charge in [-0.05, 0) is 48.9 Å². The molecule has 1 atom stereocenters. The summed E-state index contributed by atoms with van der Waals surface area (Å²) >= 11 is 0. The van der Waals surface area contributed by atoms with Crippen LogP contribution in [0.15, 0.2) is 29.2 Å². The van der Waals surface area contributed by atoms with E-state index in [1.54, 1.807) is 24.3 Å². The Kier molecular flexibility index (Phi) is 6.41. The minimum Gasteiger partial charge on any atom is -0.338 e. The molecule has 1 saturated carbocycles. The van der Waals surface area contributed by atoms with Crippen LogP contribution < -0.4 is 5.73 Å². The molecule has 2 fully saturated rings. The molecule has 1 aliphatic heterocycles. The van der Waals surface area contributed by atoms with E-state index < -0.39 is 9.84 Å². The third-order valence-electron chi connectivity index (χ3n) is 5.77. The minimum atomic E-state index is -3.27. The second-order valence-electron chi connectivity index (χ2n) is 8.09. The van der Waals surface area contributed by atoms with Gasteiger partial charge in [-0.3, -0.25) is 4.79 Å². The van der Waals surface area contributed by atoms with Crippen molar-refractivity contribution in [3.8, 4) is 0 Å². The van der Waals surface area contributed by atoms with Crippen LogP contribution in [-0.4, -0.2) is 43.6 Å². The number of rotatable bonds is 3. The fourth-order valence-electron chi connectivity index (χ4n) is 3.91. The van der Waals surface area contributed by atoms with Crippen molar-refractivity contribution in [2.45, 2.75) is 62.1 Å². The second kappa shape index (κ2) is 7.87. The lowest BCUT2D eigenvalue weighted by molar-refractivity contribution is 0.0533. The molecule has 5 nitrogen and oxygen atoms in total. The van der Waals surface area contributed by atoms with Gasteiger partial charge in [0.25, 0.3) is 5.91 Å². The van der Waals surface area contributed by atoms with E-state index in [0.29, 0.717) is 23.5 Å². The predicted molar refractivity (Wildman–Crippen MR) is 105 cm³/mol. The molecule has 1 unspecified atom stereocenters. The number of nitrogens with two attached hydrogens (primary N) is 1. The summed E-state index contributed by atoms with van der Waals surface area (Å²) < 4.78 is 25.3. The van der Waals surface area contributed by atoms with Crippen molar-refractivity contribution in [2.24, 2.45) is 11.1 Å². The molecule has 3 rings (SSSR count). The number of carbonyl (C=O) groups excluding carboxylic acids is 1. The van der Waals surface area contributed by atoms with Crippen molar-refractivity contribution in [3.63, 3.8) is 0 Å². The molecule has 0 radical (unpaired) electrons. The fourth-order valence-corrected chi connectivity index (χ4v) is 5.76. The number of hydrogen-bond acceptors (Lipinski definition) is 4. The van der Waals surface area contributed by atoms with Crippen LogP contribution in [0.3, 0.4) is 0 Å². The highest BCUT2D eigenvalue weighted by Gasteiger charge is 2.36. The topological polar surface area (TPSA) is 80.5 Å². The SMILES string of the molecule is CC1(C)CN(C(=O)c2ccc(S(=O)(=O)C3CCCC3)cc2)CCC1N.Cl. The normalized spacial score (nSPS) is 23.5. The van der Waals surface area contributed by atoms with E-state index in [1.807, 2.05) is 4.90 Å². The van der Waals surface area contributed by atoms with Gasteiger partial charge in [0.2, 0.25) is 0 Å². The van der Waals surface area contributed by atoms with Gasteiger partial charge in [-0.15, -0.1) is 12.4 Å². The van der Waals surface area contributed by atoms with Gasteiger partial charge in [-0.25, -0.2) is 8.42 Å². The van der Waals surface area contributed by atoms with Crippen molar-refractivity contribution >= 4 is 28.2 Å². The fraction of sp³-hybridized carbons (Fsp3) is 0.632. The average Bonchev–Trinajstić information content (AvgIpc) is 3.12. The largest absolute Gasteiger partial charge is 0.338 e. The van der Waals surface area contributed by atoms with Crippen LogP contribution in [0.5, 0.6) is 0 Å². The Bertz CT molecular complexity index is 741. The lowest BCUT2D eigenvalue weighted by Crippen LogP contribution is -2.54. The van der Waals surface area contributed by atoms with E-state index in [0.717, 1.165) is 32.1 Å². The zero-order valence-electron chi connectivity index (χ0n) is 15.5. The van der Waals surface area contributed by atoms with Crippen LogP contribution >= 0.6 is 12.4 Å². The van der Waals surface area contributed by atoms with E-state index in [1.165, 1.54) is 0 Å². The first-order valence-corrected chi connectivity index (χ1v) is 10.7. The highest BCUT2D eigenvalue weighted by molar-refractivity contribution is 7.92. The van der Waals surface area contributed by atoms with E-state index in [2.05, 4.69) is 13.8 Å². The number of nitrogens with zero attached hydrogens (tertiary/aromatic N) is 1. The van der Waals surface area contributed by atoms with Crippen LogP contribution in [0.2, 0.25) is 0 Å². The lowest BCUT2D eigenvalue weighted by Gasteiger charge is -2.42. The molecule has 1 amide bonds. The molecular weight excluding hydrogens is 372 g/mol. The van der Waals surface area contributed by atoms with Crippen molar-refractivity contribution in [1.82, 2.24) is 4.90 Å². The Morgan fingerprint density at radius 2 is 1.69 bits per heavy atom. The van der Waals surface area contributed by atoms with Crippen LogP contribution in [0.25, 0.3) is 0 Å². The highest BCUT2D eigenvalue weighted by Crippen LogP contribution is 2.31. The quantitative estimate of drug-likeness (QED) is 0.845. The molecule has 1 saturated heterocycles. The van der Waals surface area contributed by atoms with Gasteiger partial charge in [0.05, 0.1) is 10.1 Å². The number of likely N-dealkylation sites (tertiary alicyclic amines) is 1. The van der Waals surface area contributed by atoms with Crippen LogP contribution in [0, 0.1) is 5.41 Å². The maximum atomic E-state index is 12.7. The molecule has 1 aromatic rings. The summed E-state index contributed by atoms with van der Waals surface area (Å²) in [6.45, 7) is 5.42. The number of sulfone groups is 1. The Morgan fingerprint density at radius 1 is 1.12 bits per heavy atom. The monoisotopic (exact) mass is 400 g/mol. The number of piperidine rings is 1. The van der Waals surface area contributed by atoms with Gasteiger partial charge in [0.15, 0.2) is 9.84 Å². The molecule has 0 aromatic heterocycles. The van der Waals surface area contributed by atoms with Crippen molar-refractivity contribution in [1.29, 1.82) is 0 Å². The number of hydrogen-bond donors (Lipinski definition) is 1. The van der Waals surface area contributed by atoms with E-state index in [4.69, 9.17) is 5.73 Å². The summed E-state index contributed by atoms with van der Waals surface area (Å²) in [6, 6.07) is 6.55. The van der Waals surface area contributed by atoms with Gasteiger partial charge >= 0.3 is 0 Å². The summed E-state index contributed by atoms with van der Waals surface area (Å²) in [5.74, 6) is -0.0511. The Balaban J connectivity index is 0.00000243. The summed E-state index contributed by atoms with van der Waals surface area (Å²) in [5, 5.41) is -0.265. The Hall–Kier alpha value is -1.11. The van der Waals surface area contributed by atoms with Crippen LogP contribution in [0.1, 0.15) is 56.3 Å². The van der Waals surface area contributed by atoms with Crippen LogP contribution in [0.4, 0.5) is 0 Å². The van der Waals surface area contributed by atoms with Gasteiger partial charge in [-0.2, -0.15) is 0 Å². The molecule has 146 valence electrons. The molecule has 2 aliphatic rings. The lowest BCUT2D eigenvalue weighted by atomic mass is 9.79. The molecule has 1 aliphatic carbocycles. The highest BCUT2D eigenvalue weighted by atomic mass is 35.5. The van der Waals surface area contributed by atoms with Gasteiger partial charge in [0.1, 0.15) is 0 Å². The summed E-state index contributed by atoms with van der Waals surface area (Å²) in [7, 11) is -3.27. The van der Waals surface area contributed by atoms with E-state index >= 15 is 0 Å². The molecule has 0 spiro atoms. The van der Waals surface area contributed by atoms with Gasteiger partial charge in [0, 0.05) is 24.7 Å². The minimum absolute atomic E-state index is 0. The predicted octanol–water partition coefficient (Wildman–Crippen LogP) is 3.02. The number of benzene rings is 1. The molecule has 1 aromatic carbocycles. The maximum absolute atomic E-state index is 12.7. The third-order valence-corrected chi connectivity index (χ3v) is 8.05. The molecule has 0 bridgehead atoms. The molecule has 26 heavy (non-hydrogen) atoms. The van der Waals surface area contributed by atoms with Crippen molar-refractivity contribution in [3.05, 3.63) is 29.8 Å². The summed E-state index contributed by atoms with van der Waals surface area (Å²) in [5.41, 5.74) is 6.56. The first kappa shape index (κ1) is 21.2. The molecule has 7 heteroatoms. The molecule has 1 heterocycles. The zero-order valence-corrected chi connectivity index (χ0v) is 17.1. The second-order valence-corrected chi connectivity index (χ2v) is 10.3. The average molecular weight is 401 g/mol. The Morgan fingerprint density at radius 3 is 2.23 bits per heavy atom. The van der Waals surface area contributed by atoms with Crippen molar-refractivity contribution in [2.75, 3.05) is 13.1 Å². The first-order chi connectivity index (χ1) is 11.7. The smallest absolute Gasteiger partial charge is 0.253 e. The summed E-state index contributed by atoms with van der Waals surface area (Å²) in [4.78, 5) is 14.9. The number of halogens is 1. The summed E-state index contributed by atoms with van der Waals surface area (Å²) in [6.07, 6.45) is 4.23. The maximum Gasteiger partial charge on any atom is 0.253 e. The molecular formula is C19H29ClN2O3S. The molecule has 2 N–H and O–H groups in total. The Labute approximate surface area is 162 Å². The van der Waals surface area contributed by atoms with Gasteiger partial charge < -0.3 is 10.6 Å².